The summed E-state index contributed by atoms with van der Waals surface area (Å²) in [5.74, 6) is -0.515. The minimum atomic E-state index is -0.913. The maximum atomic E-state index is 14.2. The molecule has 9 nitrogen and oxygen atoms in total. The summed E-state index contributed by atoms with van der Waals surface area (Å²) in [5, 5.41) is 35.7. The quantitative estimate of drug-likeness (QED) is 0.191. The first-order valence-electron chi connectivity index (χ1n) is 19.2. The third-order valence-electron chi connectivity index (χ3n) is 14.8. The fourth-order valence-electron chi connectivity index (χ4n) is 12.2. The van der Waals surface area contributed by atoms with Crippen LogP contribution in [0.4, 0.5) is 4.79 Å². The van der Waals surface area contributed by atoms with Crippen molar-refractivity contribution >= 4 is 12.1 Å². The molecule has 1 saturated heterocycles. The molecule has 9 heteroatoms. The number of hydrogen-bond acceptors (Lipinski definition) is 8. The molecule has 1 heterocycles. The molecular formula is C40H69NO8. The van der Waals surface area contributed by atoms with Crippen molar-refractivity contribution in [1.29, 1.82) is 0 Å². The van der Waals surface area contributed by atoms with Crippen LogP contribution in [0, 0.1) is 44.8 Å². The zero-order valence-electron chi connectivity index (χ0n) is 32.7. The third kappa shape index (κ3) is 6.47. The fourth-order valence-corrected chi connectivity index (χ4v) is 12.2. The highest BCUT2D eigenvalue weighted by Gasteiger charge is 2.83. The van der Waals surface area contributed by atoms with E-state index in [1.807, 2.05) is 27.7 Å². The van der Waals surface area contributed by atoms with E-state index in [2.05, 4.69) is 39.9 Å². The van der Waals surface area contributed by atoms with Crippen LogP contribution in [0.15, 0.2) is 0 Å². The molecule has 0 aromatic carbocycles. The minimum absolute atomic E-state index is 0.0238. The summed E-state index contributed by atoms with van der Waals surface area (Å²) in [6.07, 6.45) is 6.77. The first-order valence-corrected chi connectivity index (χ1v) is 19.2. The van der Waals surface area contributed by atoms with Crippen molar-refractivity contribution in [2.45, 2.75) is 188 Å². The lowest BCUT2D eigenvalue weighted by molar-refractivity contribution is -0.223. The predicted molar refractivity (Wildman–Crippen MR) is 189 cm³/mol. The molecule has 1 amide bonds. The van der Waals surface area contributed by atoms with Gasteiger partial charge in [-0.3, -0.25) is 0 Å². The van der Waals surface area contributed by atoms with E-state index < -0.39 is 46.9 Å². The Morgan fingerprint density at radius 3 is 2.16 bits per heavy atom. The van der Waals surface area contributed by atoms with Crippen LogP contribution in [0.5, 0.6) is 0 Å². The highest BCUT2D eigenvalue weighted by molar-refractivity contribution is 5.82. The van der Waals surface area contributed by atoms with Crippen molar-refractivity contribution in [2.75, 3.05) is 6.61 Å². The van der Waals surface area contributed by atoms with Gasteiger partial charge in [-0.2, -0.15) is 0 Å². The van der Waals surface area contributed by atoms with Gasteiger partial charge in [-0.25, -0.2) is 9.59 Å². The summed E-state index contributed by atoms with van der Waals surface area (Å²) < 4.78 is 18.8. The van der Waals surface area contributed by atoms with Crippen molar-refractivity contribution in [1.82, 2.24) is 5.32 Å². The van der Waals surface area contributed by atoms with E-state index >= 15 is 0 Å². The maximum Gasteiger partial charge on any atom is 0.408 e. The van der Waals surface area contributed by atoms with Gasteiger partial charge in [-0.05, 0) is 145 Å². The molecule has 0 aromatic heterocycles. The largest absolute Gasteiger partial charge is 0.460 e. The molecular weight excluding hydrogens is 622 g/mol. The van der Waals surface area contributed by atoms with Crippen molar-refractivity contribution in [3.63, 3.8) is 0 Å². The number of carbonyl (C=O) groups excluding carboxylic acids is 2. The van der Waals surface area contributed by atoms with E-state index in [9.17, 15) is 24.9 Å². The standard InChI is InChI=1S/C40H69NO8/c1-24(2)29(41-32(45)49-33(3,4)5)31(44)47-25-21-26-38(12,19-20-42)36(10,22-37(11)15-14-28(48-37)35(8,9)46)17-18-39(26)23-40(39)16-13-27(43)34(6,7)30(25)40/h24-30,42-43,46H,13-23H2,1-12H3,(H,41,45). The van der Waals surface area contributed by atoms with Gasteiger partial charge in [0.2, 0.25) is 0 Å². The van der Waals surface area contributed by atoms with Crippen molar-refractivity contribution in [3.05, 3.63) is 0 Å². The summed E-state index contributed by atoms with van der Waals surface area (Å²) in [6.45, 7) is 24.1. The number of esters is 1. The molecule has 11 unspecified atom stereocenters. The second-order valence-corrected chi connectivity index (χ2v) is 20.4. The lowest BCUT2D eigenvalue weighted by Gasteiger charge is -2.65. The van der Waals surface area contributed by atoms with E-state index in [0.29, 0.717) is 12.8 Å². The number of amides is 1. The number of aliphatic hydroxyl groups excluding tert-OH is 2. The van der Waals surface area contributed by atoms with E-state index in [1.165, 1.54) is 0 Å². The number of nitrogens with one attached hydrogen (secondary N) is 1. The highest BCUT2D eigenvalue weighted by atomic mass is 16.6. The molecule has 0 radical (unpaired) electrons. The third-order valence-corrected chi connectivity index (χ3v) is 14.8. The first-order chi connectivity index (χ1) is 22.3. The molecule has 4 N–H and O–H groups in total. The molecule has 11 atom stereocenters. The molecule has 1 aliphatic heterocycles. The molecule has 0 bridgehead atoms. The molecule has 5 fully saturated rings. The zero-order valence-corrected chi connectivity index (χ0v) is 32.7. The topological polar surface area (TPSA) is 135 Å². The highest BCUT2D eigenvalue weighted by Crippen LogP contribution is 2.88. The smallest absolute Gasteiger partial charge is 0.408 e. The van der Waals surface area contributed by atoms with Crippen LogP contribution < -0.4 is 5.32 Å². The van der Waals surface area contributed by atoms with Crippen molar-refractivity contribution < 1.29 is 39.1 Å². The van der Waals surface area contributed by atoms with Crippen LogP contribution in [0.1, 0.15) is 147 Å². The summed E-state index contributed by atoms with van der Waals surface area (Å²) in [6, 6.07) is -0.878. The Kier molecular flexibility index (Phi) is 9.77. The lowest BCUT2D eigenvalue weighted by Crippen LogP contribution is -2.63. The van der Waals surface area contributed by atoms with Gasteiger partial charge >= 0.3 is 12.1 Å². The maximum absolute atomic E-state index is 14.2. The van der Waals surface area contributed by atoms with Crippen LogP contribution in [0.25, 0.3) is 0 Å². The molecule has 4 aliphatic carbocycles. The van der Waals surface area contributed by atoms with E-state index in [-0.39, 0.29) is 57.7 Å². The van der Waals surface area contributed by atoms with Gasteiger partial charge in [0.1, 0.15) is 17.7 Å². The van der Waals surface area contributed by atoms with Gasteiger partial charge in [0.05, 0.1) is 23.4 Å². The Hall–Kier alpha value is -1.42. The first kappa shape index (κ1) is 38.8. The Morgan fingerprint density at radius 2 is 1.61 bits per heavy atom. The number of rotatable bonds is 9. The summed E-state index contributed by atoms with van der Waals surface area (Å²) in [7, 11) is 0. The molecule has 0 aromatic rings. The monoisotopic (exact) mass is 692 g/mol. The van der Waals surface area contributed by atoms with Gasteiger partial charge in [-0.15, -0.1) is 0 Å². The Balaban J connectivity index is 1.50. The fraction of sp³-hybridized carbons (Fsp3) is 0.950. The number of ether oxygens (including phenoxy) is 3. The number of alkyl carbamates (subject to hydrolysis) is 1. The van der Waals surface area contributed by atoms with Crippen molar-refractivity contribution in [3.8, 4) is 0 Å². The second-order valence-electron chi connectivity index (χ2n) is 20.4. The van der Waals surface area contributed by atoms with Crippen LogP contribution >= 0.6 is 0 Å². The second kappa shape index (κ2) is 12.3. The summed E-state index contributed by atoms with van der Waals surface area (Å²) >= 11 is 0. The Labute approximate surface area is 296 Å². The van der Waals surface area contributed by atoms with Gasteiger partial charge in [0.15, 0.2) is 0 Å². The van der Waals surface area contributed by atoms with Crippen LogP contribution in [0.3, 0.4) is 0 Å². The minimum Gasteiger partial charge on any atom is -0.460 e. The number of aliphatic hydroxyl groups is 3. The molecule has 49 heavy (non-hydrogen) atoms. The number of hydrogen-bond donors (Lipinski definition) is 4. The van der Waals surface area contributed by atoms with Crippen LogP contribution in [0.2, 0.25) is 0 Å². The van der Waals surface area contributed by atoms with E-state index in [1.54, 1.807) is 20.8 Å². The molecule has 282 valence electrons. The average molecular weight is 692 g/mol. The van der Waals surface area contributed by atoms with Gasteiger partial charge < -0.3 is 34.8 Å². The SMILES string of the molecule is CC(C)C(NC(=O)OC(C)(C)C)C(=O)OC1CC2C(C)(CCO)C(C)(CC3(C)CCC(C(C)(C)O)O3)CCC23CC32CCC(O)C(C)(C)C12. The molecule has 2 spiro atoms. The molecule has 5 aliphatic rings. The van der Waals surface area contributed by atoms with Crippen molar-refractivity contribution in [2.24, 2.45) is 44.8 Å². The number of carbonyl (C=O) groups is 2. The Bertz CT molecular complexity index is 1270. The van der Waals surface area contributed by atoms with Crippen LogP contribution in [-0.2, 0) is 19.0 Å². The van der Waals surface area contributed by atoms with Gasteiger partial charge in [-0.1, -0.05) is 41.5 Å². The molecule has 5 rings (SSSR count). The van der Waals surface area contributed by atoms with Gasteiger partial charge in [0.25, 0.3) is 0 Å². The van der Waals surface area contributed by atoms with E-state index in [4.69, 9.17) is 14.2 Å². The normalized spacial score (nSPS) is 43.6. The van der Waals surface area contributed by atoms with Crippen LogP contribution in [-0.4, -0.2) is 75.1 Å². The average Bonchev–Trinajstić information content (AvgIpc) is 3.43. The van der Waals surface area contributed by atoms with Gasteiger partial charge in [0, 0.05) is 12.5 Å². The lowest BCUT2D eigenvalue weighted by atomic mass is 9.40. The summed E-state index contributed by atoms with van der Waals surface area (Å²) in [5.41, 5.74) is -2.91. The molecule has 4 saturated carbocycles. The summed E-state index contributed by atoms with van der Waals surface area (Å²) in [4.78, 5) is 27.0. The Morgan fingerprint density at radius 1 is 0.959 bits per heavy atom. The van der Waals surface area contributed by atoms with E-state index in [0.717, 1.165) is 51.4 Å². The zero-order chi connectivity index (χ0) is 36.8. The predicted octanol–water partition coefficient (Wildman–Crippen LogP) is 6.93.